The summed E-state index contributed by atoms with van der Waals surface area (Å²) in [4.78, 5) is 140. The molecule has 2 unspecified atom stereocenters. The van der Waals surface area contributed by atoms with Crippen LogP contribution in [0, 0.1) is 5.92 Å². The van der Waals surface area contributed by atoms with Crippen molar-refractivity contribution in [3.63, 3.8) is 0 Å². The van der Waals surface area contributed by atoms with Gasteiger partial charge in [0.2, 0.25) is 23.6 Å². The van der Waals surface area contributed by atoms with E-state index in [-0.39, 0.29) is 86.2 Å². The number of hydrogen-bond donors (Lipinski definition) is 4. The molecule has 9 amide bonds. The molecule has 0 radical (unpaired) electrons. The molecule has 4 aliphatic heterocycles. The molecular formula is C65H87ClN8O19S. The molecule has 0 aromatic heterocycles. The number of nitrogens with one attached hydrogen (secondary N) is 3. The molecule has 94 heavy (non-hydrogen) atoms. The van der Waals surface area contributed by atoms with Crippen molar-refractivity contribution >= 4 is 88.9 Å². The molecule has 1 aliphatic carbocycles. The van der Waals surface area contributed by atoms with Crippen LogP contribution in [0.25, 0.3) is 0 Å². The average Bonchev–Trinajstić information content (AvgIpc) is 1.57. The third-order valence-corrected chi connectivity index (χ3v) is 18.8. The van der Waals surface area contributed by atoms with E-state index in [9.17, 15) is 53.1 Å². The Hall–Kier alpha value is -7.92. The largest absolute Gasteiger partial charge is 0.495 e. The normalized spacial score (nSPS) is 26.2. The number of aliphatic hydroxyl groups is 1. The number of halogens is 1. The fraction of sp³-hybridized carbons (Fsp3) is 0.569. The zero-order valence-electron chi connectivity index (χ0n) is 55.0. The molecule has 0 spiro atoms. The first-order chi connectivity index (χ1) is 44.6. The summed E-state index contributed by atoms with van der Waals surface area (Å²) in [5.41, 5.74) is -1.08. The first kappa shape index (κ1) is 73.5. The first-order valence-corrected chi connectivity index (χ1v) is 32.8. The highest BCUT2D eigenvalue weighted by atomic mass is 35.5. The maximum atomic E-state index is 14.4. The molecule has 5 aliphatic rings. The van der Waals surface area contributed by atoms with Crippen molar-refractivity contribution in [1.82, 2.24) is 35.6 Å². The average molecular weight is 1350 g/mol. The van der Waals surface area contributed by atoms with Crippen LogP contribution in [0.5, 0.6) is 11.5 Å². The molecule has 4 N–H and O–H groups in total. The number of imide groups is 1. The number of benzene rings is 2. The van der Waals surface area contributed by atoms with Crippen LogP contribution < -0.4 is 30.3 Å². The number of thioether (sulfide) groups is 1. The maximum Gasteiger partial charge on any atom is 0.413 e. The van der Waals surface area contributed by atoms with Gasteiger partial charge in [0, 0.05) is 80.2 Å². The van der Waals surface area contributed by atoms with Gasteiger partial charge in [-0.25, -0.2) is 24.0 Å². The van der Waals surface area contributed by atoms with Gasteiger partial charge in [-0.2, -0.15) is 11.8 Å². The van der Waals surface area contributed by atoms with Crippen LogP contribution in [-0.2, 0) is 65.4 Å². The first-order valence-electron chi connectivity index (χ1n) is 31.1. The van der Waals surface area contributed by atoms with Crippen LogP contribution in [0.1, 0.15) is 107 Å². The van der Waals surface area contributed by atoms with Crippen LogP contribution in [-0.4, -0.2) is 219 Å². The topological polar surface area (TPSA) is 320 Å². The number of carbonyl (C=O) groups excluding carboxylic acids is 10. The molecule has 7 rings (SSSR count). The number of likely N-dealkylation sites (N-methyl/N-ethyl adjacent to an activating group) is 3. The van der Waals surface area contributed by atoms with E-state index in [0.717, 1.165) is 46.6 Å². The summed E-state index contributed by atoms with van der Waals surface area (Å²) >= 11 is 8.10. The molecule has 3 saturated heterocycles. The summed E-state index contributed by atoms with van der Waals surface area (Å²) in [6, 6.07) is 6.28. The predicted octanol–water partition coefficient (Wildman–Crippen LogP) is 6.44. The quantitative estimate of drug-likeness (QED) is 0.0364. The zero-order valence-corrected chi connectivity index (χ0v) is 56.6. The van der Waals surface area contributed by atoms with E-state index in [4.69, 9.17) is 49.5 Å². The minimum absolute atomic E-state index is 0.0293. The van der Waals surface area contributed by atoms with Crippen molar-refractivity contribution in [3.8, 4) is 11.5 Å². The van der Waals surface area contributed by atoms with Gasteiger partial charge in [-0.3, -0.25) is 34.2 Å². The van der Waals surface area contributed by atoms with Gasteiger partial charge in [-0.05, 0) is 88.1 Å². The number of ether oxygens (including phenoxy) is 8. The summed E-state index contributed by atoms with van der Waals surface area (Å²) in [6.07, 6.45) is 7.58. The van der Waals surface area contributed by atoms with Gasteiger partial charge in [0.1, 0.15) is 59.7 Å². The van der Waals surface area contributed by atoms with Crippen molar-refractivity contribution in [3.05, 3.63) is 88.0 Å². The molecule has 3 fully saturated rings. The van der Waals surface area contributed by atoms with Gasteiger partial charge in [0.15, 0.2) is 5.72 Å². The Morgan fingerprint density at radius 1 is 0.947 bits per heavy atom. The van der Waals surface area contributed by atoms with Crippen LogP contribution >= 0.6 is 23.4 Å². The minimum atomic E-state index is -1.91. The van der Waals surface area contributed by atoms with Crippen LogP contribution in [0.2, 0.25) is 5.02 Å². The molecule has 0 saturated carbocycles. The third-order valence-electron chi connectivity index (χ3n) is 17.5. The Balaban J connectivity index is 0.928. The Morgan fingerprint density at radius 3 is 2.36 bits per heavy atom. The van der Waals surface area contributed by atoms with Crippen LogP contribution in [0.15, 0.2) is 66.3 Å². The third kappa shape index (κ3) is 18.7. The van der Waals surface area contributed by atoms with E-state index in [2.05, 4.69) is 16.0 Å². The van der Waals surface area contributed by atoms with Gasteiger partial charge in [-0.1, -0.05) is 73.4 Å². The number of esters is 1. The summed E-state index contributed by atoms with van der Waals surface area (Å²) in [5, 5.41) is 19.6. The lowest BCUT2D eigenvalue weighted by molar-refractivity contribution is -0.162. The zero-order chi connectivity index (χ0) is 68.8. The highest BCUT2D eigenvalue weighted by Crippen LogP contribution is 2.49. The number of nitrogens with zero attached hydrogens (tertiary/aromatic N) is 5. The number of alkyl carbamates (subject to hydrolysis) is 1. The van der Waals surface area contributed by atoms with Crippen molar-refractivity contribution in [2.75, 3.05) is 86.4 Å². The van der Waals surface area contributed by atoms with E-state index in [0.29, 0.717) is 29.8 Å². The Morgan fingerprint density at radius 2 is 1.67 bits per heavy atom. The second-order valence-electron chi connectivity index (χ2n) is 24.3. The maximum absolute atomic E-state index is 14.4. The second kappa shape index (κ2) is 33.0. The fourth-order valence-corrected chi connectivity index (χ4v) is 12.4. The number of hydrogen-bond acceptors (Lipinski definition) is 20. The highest BCUT2D eigenvalue weighted by molar-refractivity contribution is 8.00. The standard InChI is InChI=1S/C65H87ClN8O19S/c1-38-18-17-21-50(87-10)65(85)36-48(91-61(82)69-65)39(2)56-64(4,93-56)51(35-53(76)73(8)45-32-42(30-38)33-47(86-9)55(45)66)92-59(80)40(3)72(7)52(75)24-29-88-62(83)70(5)27-28-71(6)63(84)89-37-41-22-23-46(90-60(81)68-43-19-15-13-12-14-16-20-43)44(31-41)57(78)67-25-26-74-54(77)34-49(94-11)58(74)79/h15,17-19,21-23,31-33,39-40,43,48-51,56,85H,12-14,16,20,24-30,34-37H2,1-11H3,(H,67,78)(H,68,81)(H,69,82)/b19-15+,21-17+,38-18+/t39-,40+,43?,48+,49?,50-,51+,56+,64+,65+/m1/s1. The molecule has 10 atom stereocenters. The summed E-state index contributed by atoms with van der Waals surface area (Å²) in [6.45, 7) is 5.77. The smallest absolute Gasteiger partial charge is 0.413 e. The summed E-state index contributed by atoms with van der Waals surface area (Å²) in [7, 11) is 8.59. The number of allylic oxidation sites excluding steroid dienone is 4. The van der Waals surface area contributed by atoms with Crippen molar-refractivity contribution in [2.45, 2.75) is 152 Å². The minimum Gasteiger partial charge on any atom is -0.495 e. The molecule has 27 nitrogen and oxygen atoms in total. The Kier molecular flexibility index (Phi) is 25.8. The summed E-state index contributed by atoms with van der Waals surface area (Å²) < 4.78 is 46.0. The number of methoxy groups -OCH3 is 2. The van der Waals surface area contributed by atoms with Gasteiger partial charge in [0.25, 0.3) is 5.91 Å². The molecule has 514 valence electrons. The number of amides is 9. The van der Waals surface area contributed by atoms with Crippen LogP contribution in [0.3, 0.4) is 0 Å². The predicted molar refractivity (Wildman–Crippen MR) is 345 cm³/mol. The van der Waals surface area contributed by atoms with E-state index in [1.807, 2.05) is 25.2 Å². The number of anilines is 1. The van der Waals surface area contributed by atoms with Crippen LogP contribution in [0.4, 0.5) is 24.9 Å². The van der Waals surface area contributed by atoms with E-state index in [1.165, 1.54) is 94.0 Å². The number of fused-ring (bicyclic) bond motifs is 5. The molecule has 2 aromatic carbocycles. The van der Waals surface area contributed by atoms with E-state index >= 15 is 0 Å². The van der Waals surface area contributed by atoms with Crippen molar-refractivity contribution < 1.29 is 90.9 Å². The molecule has 4 heterocycles. The number of epoxide rings is 1. The van der Waals surface area contributed by atoms with Gasteiger partial charge in [0.05, 0.1) is 48.6 Å². The number of likely N-dealkylation sites (tertiary alicyclic amines) is 1. The second-order valence-corrected chi connectivity index (χ2v) is 25.7. The Labute approximate surface area is 556 Å². The molecule has 29 heteroatoms. The molecule has 4 bridgehead atoms. The van der Waals surface area contributed by atoms with Crippen molar-refractivity contribution in [2.24, 2.45) is 5.92 Å². The molecule has 2 aromatic rings. The fourth-order valence-electron chi connectivity index (χ4n) is 11.4. The molecular weight excluding hydrogens is 1260 g/mol. The lowest BCUT2D eigenvalue weighted by Gasteiger charge is -2.42. The van der Waals surface area contributed by atoms with Gasteiger partial charge < -0.3 is 73.2 Å². The Bertz CT molecular complexity index is 3260. The van der Waals surface area contributed by atoms with Gasteiger partial charge in [-0.15, -0.1) is 0 Å². The SMILES string of the molecule is COc1cc2cc(c1Cl)N(C)C(=O)C[C@H](OC(=O)[C@H](C)N(C)C(=O)CCOC(=O)N(C)CCN(C)C(=O)OCc1ccc(OC(=O)NC3/C=C/CCCCC3)c(C(=O)NCCN3C(=O)CC(SC)C3=O)c1)[C@]1(C)O[C@H]1[C@H](C)[C@@H]1C[C@@](O)(NC(=O)O1)[C@H](OC)/C=C/C=C(\C)C2. The van der Waals surface area contributed by atoms with Gasteiger partial charge >= 0.3 is 30.3 Å². The monoisotopic (exact) mass is 1350 g/mol. The lowest BCUT2D eigenvalue weighted by atomic mass is 9.83. The van der Waals surface area contributed by atoms with E-state index < -0.39 is 114 Å². The number of carbonyl (C=O) groups is 10. The number of rotatable bonds is 20. The van der Waals surface area contributed by atoms with Crippen molar-refractivity contribution in [1.29, 1.82) is 0 Å². The summed E-state index contributed by atoms with van der Waals surface area (Å²) in [5.74, 6) is -3.82. The lowest BCUT2D eigenvalue weighted by Crippen LogP contribution is -2.63. The highest BCUT2D eigenvalue weighted by Gasteiger charge is 2.64. The van der Waals surface area contributed by atoms with E-state index in [1.54, 1.807) is 44.4 Å².